The summed E-state index contributed by atoms with van der Waals surface area (Å²) in [6, 6.07) is 7.46. The number of rotatable bonds is 3. The Hall–Kier alpha value is -1.59. The lowest BCUT2D eigenvalue weighted by Crippen LogP contribution is -2.42. The van der Waals surface area contributed by atoms with Crippen LogP contribution in [0.25, 0.3) is 0 Å². The van der Waals surface area contributed by atoms with Crippen molar-refractivity contribution in [2.24, 2.45) is 0 Å². The molecular formula is C18H26ClN3O2. The molecule has 1 aromatic rings. The van der Waals surface area contributed by atoms with Crippen molar-refractivity contribution in [1.29, 1.82) is 0 Å². The Labute approximate surface area is 149 Å². The maximum absolute atomic E-state index is 12.6. The fourth-order valence-electron chi connectivity index (χ4n) is 3.40. The van der Waals surface area contributed by atoms with E-state index in [2.05, 4.69) is 17.6 Å². The SMILES string of the molecule is CC1CCCCN1C(=O)c1ccc(NC(=O)C2CCCN2)cc1.Cl. The average molecular weight is 352 g/mol. The summed E-state index contributed by atoms with van der Waals surface area (Å²) < 4.78 is 0. The molecule has 2 N–H and O–H groups in total. The van der Waals surface area contributed by atoms with E-state index >= 15 is 0 Å². The molecule has 132 valence electrons. The fraction of sp³-hybridized carbons (Fsp3) is 0.556. The highest BCUT2D eigenvalue weighted by Crippen LogP contribution is 2.20. The van der Waals surface area contributed by atoms with Crippen LogP contribution in [0.2, 0.25) is 0 Å². The lowest BCUT2D eigenvalue weighted by Gasteiger charge is -2.33. The van der Waals surface area contributed by atoms with Gasteiger partial charge in [-0.05, 0) is 69.8 Å². The van der Waals surface area contributed by atoms with E-state index in [0.717, 1.165) is 44.5 Å². The molecule has 3 rings (SSSR count). The Bertz CT molecular complexity index is 570. The van der Waals surface area contributed by atoms with Gasteiger partial charge in [-0.3, -0.25) is 9.59 Å². The van der Waals surface area contributed by atoms with Crippen LogP contribution < -0.4 is 10.6 Å². The Kier molecular flexibility index (Phi) is 6.63. The standard InChI is InChI=1S/C18H25N3O2.ClH/c1-13-5-2-3-12-21(13)18(23)14-7-9-15(10-8-14)20-17(22)16-6-4-11-19-16;/h7-10,13,16,19H,2-6,11-12H2,1H3,(H,20,22);1H. The van der Waals surface area contributed by atoms with Crippen LogP contribution in [0.1, 0.15) is 49.4 Å². The second kappa shape index (κ2) is 8.49. The summed E-state index contributed by atoms with van der Waals surface area (Å²) in [7, 11) is 0. The molecule has 2 heterocycles. The first-order valence-electron chi connectivity index (χ1n) is 8.60. The summed E-state index contributed by atoms with van der Waals surface area (Å²) in [5, 5.41) is 6.09. The van der Waals surface area contributed by atoms with E-state index in [1.54, 1.807) is 12.1 Å². The van der Waals surface area contributed by atoms with Gasteiger partial charge < -0.3 is 15.5 Å². The van der Waals surface area contributed by atoms with E-state index in [0.29, 0.717) is 11.6 Å². The van der Waals surface area contributed by atoms with Crippen LogP contribution >= 0.6 is 12.4 Å². The molecule has 0 saturated carbocycles. The van der Waals surface area contributed by atoms with Gasteiger partial charge in [0.05, 0.1) is 6.04 Å². The van der Waals surface area contributed by atoms with Gasteiger partial charge in [-0.2, -0.15) is 0 Å². The number of nitrogens with one attached hydrogen (secondary N) is 2. The van der Waals surface area contributed by atoms with Crippen molar-refractivity contribution in [3.8, 4) is 0 Å². The third kappa shape index (κ3) is 4.28. The maximum Gasteiger partial charge on any atom is 0.254 e. The van der Waals surface area contributed by atoms with Crippen molar-refractivity contribution in [1.82, 2.24) is 10.2 Å². The Morgan fingerprint density at radius 2 is 1.88 bits per heavy atom. The van der Waals surface area contributed by atoms with Gasteiger partial charge in [-0.15, -0.1) is 12.4 Å². The van der Waals surface area contributed by atoms with Gasteiger partial charge in [0.2, 0.25) is 5.91 Å². The fourth-order valence-corrected chi connectivity index (χ4v) is 3.40. The molecule has 2 saturated heterocycles. The number of nitrogens with zero attached hydrogens (tertiary/aromatic N) is 1. The molecule has 0 aliphatic carbocycles. The highest BCUT2D eigenvalue weighted by molar-refractivity contribution is 5.97. The normalized spacial score (nSPS) is 23.5. The number of carbonyl (C=O) groups excluding carboxylic acids is 2. The number of halogens is 1. The Morgan fingerprint density at radius 3 is 2.50 bits per heavy atom. The minimum absolute atomic E-state index is 0. The van der Waals surface area contributed by atoms with Gasteiger partial charge in [-0.25, -0.2) is 0 Å². The van der Waals surface area contributed by atoms with E-state index in [4.69, 9.17) is 0 Å². The van der Waals surface area contributed by atoms with Crippen LogP contribution in [-0.4, -0.2) is 41.9 Å². The van der Waals surface area contributed by atoms with E-state index in [-0.39, 0.29) is 30.3 Å². The number of amides is 2. The van der Waals surface area contributed by atoms with Crippen LogP contribution in [0.5, 0.6) is 0 Å². The molecule has 1 aromatic carbocycles. The highest BCUT2D eigenvalue weighted by Gasteiger charge is 2.24. The monoisotopic (exact) mass is 351 g/mol. The number of hydrogen-bond acceptors (Lipinski definition) is 3. The number of anilines is 1. The summed E-state index contributed by atoms with van der Waals surface area (Å²) in [5.41, 5.74) is 1.43. The Balaban J connectivity index is 0.00000208. The summed E-state index contributed by atoms with van der Waals surface area (Å²) in [4.78, 5) is 26.6. The minimum Gasteiger partial charge on any atom is -0.336 e. The first-order valence-corrected chi connectivity index (χ1v) is 8.60. The molecule has 0 bridgehead atoms. The molecule has 0 aromatic heterocycles. The second-order valence-corrected chi connectivity index (χ2v) is 6.56. The molecule has 0 spiro atoms. The summed E-state index contributed by atoms with van der Waals surface area (Å²) in [6.07, 6.45) is 5.28. The van der Waals surface area contributed by atoms with Gasteiger partial charge in [0.1, 0.15) is 0 Å². The van der Waals surface area contributed by atoms with Crippen molar-refractivity contribution < 1.29 is 9.59 Å². The van der Waals surface area contributed by atoms with Crippen molar-refractivity contribution in [3.63, 3.8) is 0 Å². The minimum atomic E-state index is -0.0921. The number of piperidine rings is 1. The zero-order chi connectivity index (χ0) is 16.2. The van der Waals surface area contributed by atoms with Crippen LogP contribution in [0.4, 0.5) is 5.69 Å². The second-order valence-electron chi connectivity index (χ2n) is 6.56. The topological polar surface area (TPSA) is 61.4 Å². The lowest BCUT2D eigenvalue weighted by molar-refractivity contribution is -0.117. The van der Waals surface area contributed by atoms with Crippen molar-refractivity contribution >= 4 is 29.9 Å². The van der Waals surface area contributed by atoms with E-state index < -0.39 is 0 Å². The zero-order valence-electron chi connectivity index (χ0n) is 14.1. The smallest absolute Gasteiger partial charge is 0.254 e. The predicted molar refractivity (Wildman–Crippen MR) is 97.7 cm³/mol. The molecule has 2 aliphatic heterocycles. The van der Waals surface area contributed by atoms with E-state index in [1.165, 1.54) is 6.42 Å². The summed E-state index contributed by atoms with van der Waals surface area (Å²) >= 11 is 0. The predicted octanol–water partition coefficient (Wildman–Crippen LogP) is 2.81. The van der Waals surface area contributed by atoms with Gasteiger partial charge in [0, 0.05) is 23.8 Å². The van der Waals surface area contributed by atoms with Crippen molar-refractivity contribution in [2.75, 3.05) is 18.4 Å². The maximum atomic E-state index is 12.6. The molecule has 5 nitrogen and oxygen atoms in total. The third-order valence-electron chi connectivity index (χ3n) is 4.84. The van der Waals surface area contributed by atoms with E-state index in [1.807, 2.05) is 17.0 Å². The van der Waals surface area contributed by atoms with Crippen LogP contribution in [0.3, 0.4) is 0 Å². The molecule has 2 unspecified atom stereocenters. The average Bonchev–Trinajstić information content (AvgIpc) is 3.10. The zero-order valence-corrected chi connectivity index (χ0v) is 14.9. The van der Waals surface area contributed by atoms with Crippen LogP contribution in [0.15, 0.2) is 24.3 Å². The first-order chi connectivity index (χ1) is 11.1. The lowest BCUT2D eigenvalue weighted by atomic mass is 10.0. The summed E-state index contributed by atoms with van der Waals surface area (Å²) in [5.74, 6) is 0.0961. The number of likely N-dealkylation sites (tertiary alicyclic amines) is 1. The molecule has 0 radical (unpaired) electrons. The summed E-state index contributed by atoms with van der Waals surface area (Å²) in [6.45, 7) is 3.85. The molecule has 6 heteroatoms. The van der Waals surface area contributed by atoms with Gasteiger partial charge in [0.25, 0.3) is 5.91 Å². The molecule has 24 heavy (non-hydrogen) atoms. The number of benzene rings is 1. The Morgan fingerprint density at radius 1 is 1.12 bits per heavy atom. The molecule has 2 aliphatic rings. The van der Waals surface area contributed by atoms with Gasteiger partial charge >= 0.3 is 0 Å². The molecule has 2 amide bonds. The number of hydrogen-bond donors (Lipinski definition) is 2. The van der Waals surface area contributed by atoms with Gasteiger partial charge in [0.15, 0.2) is 0 Å². The van der Waals surface area contributed by atoms with Gasteiger partial charge in [-0.1, -0.05) is 0 Å². The quantitative estimate of drug-likeness (QED) is 0.880. The molecule has 2 atom stereocenters. The number of carbonyl (C=O) groups is 2. The first kappa shape index (κ1) is 18.7. The van der Waals surface area contributed by atoms with Crippen molar-refractivity contribution in [3.05, 3.63) is 29.8 Å². The molecule has 2 fully saturated rings. The van der Waals surface area contributed by atoms with Crippen LogP contribution in [-0.2, 0) is 4.79 Å². The molecular weight excluding hydrogens is 326 g/mol. The van der Waals surface area contributed by atoms with E-state index in [9.17, 15) is 9.59 Å². The largest absolute Gasteiger partial charge is 0.336 e. The van der Waals surface area contributed by atoms with Crippen LogP contribution in [0, 0.1) is 0 Å². The third-order valence-corrected chi connectivity index (χ3v) is 4.84. The van der Waals surface area contributed by atoms with Crippen molar-refractivity contribution in [2.45, 2.75) is 51.1 Å². The highest BCUT2D eigenvalue weighted by atomic mass is 35.5.